The van der Waals surface area contributed by atoms with Crippen molar-refractivity contribution >= 4 is 50.2 Å². The number of fused-ring (bicyclic) bond motifs is 1. The minimum atomic E-state index is -1.48. The van der Waals surface area contributed by atoms with Gasteiger partial charge in [-0.1, -0.05) is 35.6 Å². The van der Waals surface area contributed by atoms with E-state index in [1.54, 1.807) is 37.3 Å². The largest absolute Gasteiger partial charge is 0.464 e. The summed E-state index contributed by atoms with van der Waals surface area (Å²) in [6.45, 7) is 5.45. The van der Waals surface area contributed by atoms with E-state index in [1.807, 2.05) is 37.3 Å². The molecule has 3 aromatic rings. The molecule has 0 aliphatic heterocycles. The van der Waals surface area contributed by atoms with E-state index in [9.17, 15) is 14.4 Å². The van der Waals surface area contributed by atoms with Gasteiger partial charge in [0.25, 0.3) is 0 Å². The highest BCUT2D eigenvalue weighted by atomic mass is 32.1. The number of esters is 2. The minimum Gasteiger partial charge on any atom is -0.464 e. The number of nitrogens with zero attached hydrogens (tertiary/aromatic N) is 1. The van der Waals surface area contributed by atoms with Crippen LogP contribution >= 0.6 is 11.3 Å². The molecule has 1 heterocycles. The van der Waals surface area contributed by atoms with Gasteiger partial charge in [-0.25, -0.2) is 14.6 Å². The van der Waals surface area contributed by atoms with E-state index >= 15 is 0 Å². The Kier molecular flexibility index (Phi) is 7.77. The summed E-state index contributed by atoms with van der Waals surface area (Å²) in [4.78, 5) is 41.0. The van der Waals surface area contributed by atoms with Crippen LogP contribution in [0.3, 0.4) is 0 Å². The molecule has 3 rings (SSSR count). The molecule has 2 aromatic carbocycles. The lowest BCUT2D eigenvalue weighted by atomic mass is 10.1. The van der Waals surface area contributed by atoms with Crippen LogP contribution in [0.1, 0.15) is 25.0 Å². The molecule has 2 N–H and O–H groups in total. The smallest absolute Gasteiger partial charge is 0.340 e. The minimum absolute atomic E-state index is 0.00405. The van der Waals surface area contributed by atoms with Crippen LogP contribution in [-0.2, 0) is 30.3 Å². The van der Waals surface area contributed by atoms with Crippen molar-refractivity contribution in [2.24, 2.45) is 0 Å². The molecule has 0 saturated heterocycles. The second kappa shape index (κ2) is 10.7. The van der Waals surface area contributed by atoms with Crippen molar-refractivity contribution in [1.82, 2.24) is 10.3 Å². The molecular weight excluding hydrogens is 430 g/mol. The van der Waals surface area contributed by atoms with E-state index in [2.05, 4.69) is 15.6 Å². The molecule has 0 fully saturated rings. The zero-order valence-electron chi connectivity index (χ0n) is 18.1. The van der Waals surface area contributed by atoms with Crippen LogP contribution in [0.25, 0.3) is 10.2 Å². The van der Waals surface area contributed by atoms with Gasteiger partial charge in [0.05, 0.1) is 29.9 Å². The van der Waals surface area contributed by atoms with E-state index in [0.29, 0.717) is 0 Å². The number of anilines is 2. The van der Waals surface area contributed by atoms with Crippen LogP contribution in [0.5, 0.6) is 0 Å². The molecule has 0 atom stereocenters. The average Bonchev–Trinajstić information content (AvgIpc) is 3.17. The summed E-state index contributed by atoms with van der Waals surface area (Å²) < 4.78 is 10.8. The van der Waals surface area contributed by atoms with Gasteiger partial charge in [-0.3, -0.25) is 4.79 Å². The second-order valence-electron chi connectivity index (χ2n) is 6.94. The summed E-state index contributed by atoms with van der Waals surface area (Å²) in [7, 11) is 0. The molecule has 168 valence electrons. The van der Waals surface area contributed by atoms with Crippen LogP contribution in [0, 0.1) is 6.92 Å². The van der Waals surface area contributed by atoms with Crippen LogP contribution in [-0.4, -0.2) is 42.1 Å². The summed E-state index contributed by atoms with van der Waals surface area (Å²) in [6, 6.07) is 11.9. The number of hydrogen-bond donors (Lipinski definition) is 2. The summed E-state index contributed by atoms with van der Waals surface area (Å²) in [5.74, 6) is -2.17. The molecule has 0 bridgehead atoms. The molecule has 1 amide bonds. The highest BCUT2D eigenvalue weighted by Gasteiger charge is 2.31. The van der Waals surface area contributed by atoms with Gasteiger partial charge in [-0.05, 0) is 50.1 Å². The van der Waals surface area contributed by atoms with Crippen molar-refractivity contribution in [3.05, 3.63) is 53.6 Å². The molecule has 0 spiro atoms. The zero-order valence-corrected chi connectivity index (χ0v) is 19.0. The number of para-hydroxylation sites is 1. The van der Waals surface area contributed by atoms with E-state index in [4.69, 9.17) is 9.47 Å². The van der Waals surface area contributed by atoms with Crippen molar-refractivity contribution in [2.45, 2.75) is 33.2 Å². The number of carbonyl (C=O) groups excluding carboxylic acids is 3. The van der Waals surface area contributed by atoms with E-state index in [0.717, 1.165) is 32.2 Å². The molecular formula is C23H25N3O5S. The zero-order chi connectivity index (χ0) is 23.1. The summed E-state index contributed by atoms with van der Waals surface area (Å²) in [5, 5.41) is 6.46. The molecule has 32 heavy (non-hydrogen) atoms. The summed E-state index contributed by atoms with van der Waals surface area (Å²) >= 11 is 1.57. The molecule has 0 radical (unpaired) electrons. The monoisotopic (exact) mass is 455 g/mol. The number of hydrogen-bond acceptors (Lipinski definition) is 8. The van der Waals surface area contributed by atoms with Crippen molar-refractivity contribution in [3.8, 4) is 0 Å². The normalized spacial score (nSPS) is 10.8. The van der Waals surface area contributed by atoms with Crippen LogP contribution in [0.2, 0.25) is 0 Å². The fraction of sp³-hybridized carbons (Fsp3) is 0.304. The molecule has 9 heteroatoms. The first kappa shape index (κ1) is 23.2. The highest BCUT2D eigenvalue weighted by Crippen LogP contribution is 2.30. The fourth-order valence-electron chi connectivity index (χ4n) is 3.03. The fourth-order valence-corrected chi connectivity index (χ4v) is 4.00. The molecule has 0 aliphatic rings. The van der Waals surface area contributed by atoms with Crippen molar-refractivity contribution in [3.63, 3.8) is 0 Å². The topological polar surface area (TPSA) is 107 Å². The van der Waals surface area contributed by atoms with Gasteiger partial charge in [0.2, 0.25) is 11.9 Å². The van der Waals surface area contributed by atoms with Gasteiger partial charge in [0.1, 0.15) is 0 Å². The second-order valence-corrected chi connectivity index (χ2v) is 7.97. The number of thiazole rings is 1. The third-order valence-corrected chi connectivity index (χ3v) is 5.48. The number of nitrogens with one attached hydrogen (secondary N) is 2. The number of aryl methyl sites for hydroxylation is 1. The lowest BCUT2D eigenvalue weighted by Gasteiger charge is -2.16. The maximum absolute atomic E-state index is 12.4. The summed E-state index contributed by atoms with van der Waals surface area (Å²) in [5.41, 5.74) is 3.66. The summed E-state index contributed by atoms with van der Waals surface area (Å²) in [6.07, 6.45) is -0.00405. The maximum atomic E-state index is 12.4. The number of aromatic nitrogens is 1. The van der Waals surface area contributed by atoms with E-state index in [1.165, 1.54) is 0 Å². The Balaban J connectivity index is 1.62. The third-order valence-electron chi connectivity index (χ3n) is 4.54. The van der Waals surface area contributed by atoms with E-state index < -0.39 is 23.9 Å². The first-order chi connectivity index (χ1) is 15.4. The van der Waals surface area contributed by atoms with Gasteiger partial charge in [-0.2, -0.15) is 0 Å². The highest BCUT2D eigenvalue weighted by molar-refractivity contribution is 7.22. The lowest BCUT2D eigenvalue weighted by Crippen LogP contribution is -2.48. The molecule has 1 aromatic heterocycles. The quantitative estimate of drug-likeness (QED) is 0.376. The molecule has 0 aliphatic carbocycles. The number of carbonyl (C=O) groups is 3. The van der Waals surface area contributed by atoms with Crippen molar-refractivity contribution in [1.29, 1.82) is 0 Å². The molecule has 0 saturated carbocycles. The van der Waals surface area contributed by atoms with Gasteiger partial charge in [0.15, 0.2) is 5.13 Å². The number of rotatable bonds is 9. The Hall–Kier alpha value is -3.46. The van der Waals surface area contributed by atoms with Gasteiger partial charge in [-0.15, -0.1) is 0 Å². The van der Waals surface area contributed by atoms with E-state index in [-0.39, 0.29) is 19.6 Å². The predicted octanol–water partition coefficient (Wildman–Crippen LogP) is 3.50. The van der Waals surface area contributed by atoms with Crippen LogP contribution in [0.15, 0.2) is 42.5 Å². The Morgan fingerprint density at radius 2 is 1.66 bits per heavy atom. The first-order valence-electron chi connectivity index (χ1n) is 10.3. The van der Waals surface area contributed by atoms with Crippen LogP contribution < -0.4 is 10.6 Å². The molecule has 0 unspecified atom stereocenters. The van der Waals surface area contributed by atoms with Gasteiger partial charge in [0, 0.05) is 5.69 Å². The first-order valence-corrected chi connectivity index (χ1v) is 11.1. The number of benzene rings is 2. The van der Waals surface area contributed by atoms with Crippen LogP contribution in [0.4, 0.5) is 10.8 Å². The lowest BCUT2D eigenvalue weighted by molar-refractivity contribution is -0.159. The number of ether oxygens (including phenoxy) is 2. The third kappa shape index (κ3) is 5.82. The van der Waals surface area contributed by atoms with Crippen molar-refractivity contribution in [2.75, 3.05) is 18.5 Å². The maximum Gasteiger partial charge on any atom is 0.340 e. The standard InChI is InChI=1S/C23H25N3O5S/c1-4-30-21(28)20(22(29)31-5-2)25-18(27)13-15-9-11-16(12-10-15)24-23-26-19-14(3)7-6-8-17(19)32-23/h6-12,20H,4-5,13H2,1-3H3,(H,24,26)(H,25,27). The van der Waals surface area contributed by atoms with Gasteiger partial charge >= 0.3 is 11.9 Å². The Bertz CT molecular complexity index is 1090. The average molecular weight is 456 g/mol. The Labute approximate surface area is 189 Å². The SMILES string of the molecule is CCOC(=O)C(NC(=O)Cc1ccc(Nc2nc3c(C)cccc3s2)cc1)C(=O)OCC. The Morgan fingerprint density at radius 3 is 2.25 bits per heavy atom. The number of amides is 1. The Morgan fingerprint density at radius 1 is 1.00 bits per heavy atom. The van der Waals surface area contributed by atoms with Gasteiger partial charge < -0.3 is 20.1 Å². The van der Waals surface area contributed by atoms with Crippen molar-refractivity contribution < 1.29 is 23.9 Å². The predicted molar refractivity (Wildman–Crippen MR) is 123 cm³/mol. The molecule has 8 nitrogen and oxygen atoms in total.